The molecule has 0 fully saturated rings. The van der Waals surface area contributed by atoms with Gasteiger partial charge in [-0.2, -0.15) is 5.10 Å². The molecule has 0 spiro atoms. The second-order valence-electron chi connectivity index (χ2n) is 13.1. The molecule has 1 unspecified atom stereocenters. The van der Waals surface area contributed by atoms with E-state index in [1.165, 1.54) is 105 Å². The summed E-state index contributed by atoms with van der Waals surface area (Å²) in [5.41, 5.74) is 0.760. The quantitative estimate of drug-likeness (QED) is 0.0588. The number of nitrogens with zero attached hydrogens (tertiary/aromatic N) is 4. The van der Waals surface area contributed by atoms with Crippen molar-refractivity contribution in [3.8, 4) is 0 Å². The summed E-state index contributed by atoms with van der Waals surface area (Å²) in [6, 6.07) is 11.5. The zero-order chi connectivity index (χ0) is 36.5. The monoisotopic (exact) mass is 719 g/mol. The summed E-state index contributed by atoms with van der Waals surface area (Å²) in [6.45, 7) is 2.36. The van der Waals surface area contributed by atoms with E-state index < -0.39 is 27.9 Å². The zero-order valence-electron chi connectivity index (χ0n) is 30.1. The van der Waals surface area contributed by atoms with Crippen LogP contribution in [0.5, 0.6) is 0 Å². The van der Waals surface area contributed by atoms with Crippen LogP contribution in [0.15, 0.2) is 70.8 Å². The van der Waals surface area contributed by atoms with Crippen LogP contribution in [0.1, 0.15) is 136 Å². The number of esters is 1. The smallest absolute Gasteiger partial charge is 0.341 e. The van der Waals surface area contributed by atoms with Gasteiger partial charge in [-0.05, 0) is 30.7 Å². The number of nitrogens with one attached hydrogen (secondary N) is 1. The van der Waals surface area contributed by atoms with Crippen molar-refractivity contribution < 1.29 is 27.5 Å². The zero-order valence-corrected chi connectivity index (χ0v) is 30.9. The molecule has 276 valence electrons. The van der Waals surface area contributed by atoms with Crippen LogP contribution >= 0.6 is 0 Å². The van der Waals surface area contributed by atoms with Gasteiger partial charge in [-0.25, -0.2) is 18.2 Å². The number of hydrogen-bond acceptors (Lipinski definition) is 8. The maximum absolute atomic E-state index is 14.1. The Labute approximate surface area is 302 Å². The number of aromatic nitrogens is 2. The molecule has 0 radical (unpaired) electrons. The molecular formula is C39H53N5O6S. The Morgan fingerprint density at radius 1 is 0.824 bits per heavy atom. The number of rotatable bonds is 23. The van der Waals surface area contributed by atoms with E-state index in [0.717, 1.165) is 25.7 Å². The third-order valence-electron chi connectivity index (χ3n) is 9.26. The van der Waals surface area contributed by atoms with Crippen molar-refractivity contribution >= 4 is 45.4 Å². The molecular weight excluding hydrogens is 667 g/mol. The molecule has 51 heavy (non-hydrogen) atoms. The van der Waals surface area contributed by atoms with Gasteiger partial charge in [0.25, 0.3) is 15.9 Å². The molecule has 0 saturated carbocycles. The van der Waals surface area contributed by atoms with Crippen molar-refractivity contribution in [2.24, 2.45) is 4.99 Å². The minimum Gasteiger partial charge on any atom is -0.465 e. The third-order valence-corrected chi connectivity index (χ3v) is 11.1. The molecule has 1 aromatic heterocycles. The van der Waals surface area contributed by atoms with Crippen molar-refractivity contribution in [3.05, 3.63) is 72.1 Å². The minimum atomic E-state index is -4.11. The molecule has 2 aromatic carbocycles. The van der Waals surface area contributed by atoms with Crippen molar-refractivity contribution in [2.75, 3.05) is 19.0 Å². The third kappa shape index (κ3) is 11.1. The summed E-state index contributed by atoms with van der Waals surface area (Å²) in [6.07, 6.45) is 22.3. The Balaban J connectivity index is 1.43. The van der Waals surface area contributed by atoms with E-state index in [1.807, 2.05) is 0 Å². The highest BCUT2D eigenvalue weighted by Crippen LogP contribution is 2.35. The summed E-state index contributed by atoms with van der Waals surface area (Å²) in [7, 11) is -2.87. The van der Waals surface area contributed by atoms with Crippen LogP contribution in [0.2, 0.25) is 0 Å². The van der Waals surface area contributed by atoms with Gasteiger partial charge in [0.2, 0.25) is 0 Å². The van der Waals surface area contributed by atoms with Crippen LogP contribution in [-0.2, 0) is 19.6 Å². The molecule has 1 amide bonds. The fourth-order valence-electron chi connectivity index (χ4n) is 6.40. The van der Waals surface area contributed by atoms with Gasteiger partial charge in [0.05, 0.1) is 30.2 Å². The lowest BCUT2D eigenvalue weighted by Gasteiger charge is -2.33. The molecule has 0 bridgehead atoms. The van der Waals surface area contributed by atoms with Gasteiger partial charge in [0.15, 0.2) is 18.2 Å². The van der Waals surface area contributed by atoms with Crippen LogP contribution in [0.25, 0.3) is 0 Å². The molecule has 2 heterocycles. The van der Waals surface area contributed by atoms with Crippen LogP contribution in [0.4, 0.5) is 11.4 Å². The number of para-hydroxylation sites is 2. The van der Waals surface area contributed by atoms with Gasteiger partial charge in [-0.1, -0.05) is 128 Å². The number of sulfonamides is 1. The number of aliphatic imine (C=N–C) groups is 1. The molecule has 1 aliphatic heterocycles. The van der Waals surface area contributed by atoms with E-state index in [4.69, 9.17) is 9.73 Å². The van der Waals surface area contributed by atoms with Gasteiger partial charge in [-0.15, -0.1) is 0 Å². The molecule has 3 aromatic rings. The maximum Gasteiger partial charge on any atom is 0.341 e. The van der Waals surface area contributed by atoms with E-state index in [0.29, 0.717) is 12.7 Å². The van der Waals surface area contributed by atoms with Crippen LogP contribution in [0, 0.1) is 0 Å². The van der Waals surface area contributed by atoms with Crippen molar-refractivity contribution in [1.82, 2.24) is 14.1 Å². The van der Waals surface area contributed by atoms with Crippen LogP contribution in [-0.4, -0.2) is 60.2 Å². The standard InChI is InChI=1S/C39H53N5O6S/c1-3-4-5-6-7-8-9-10-11-12-13-14-15-16-17-22-27-44-37(41-34-25-20-21-26-35(34)51(44,48)49)36(43-29-32(28-40-43)39(47)50-2)38(46)42-33-24-19-18-23-31(33)30-45/h18-21,23-26,28-30,36H,3-17,22,27H2,1-2H3,(H,42,46). The number of carbonyl (C=O) groups excluding carboxylic acids is 3. The number of carbonyl (C=O) groups is 3. The first-order valence-electron chi connectivity index (χ1n) is 18.5. The lowest BCUT2D eigenvalue weighted by molar-refractivity contribution is -0.117. The second kappa shape index (κ2) is 20.5. The lowest BCUT2D eigenvalue weighted by Crippen LogP contribution is -2.47. The lowest BCUT2D eigenvalue weighted by atomic mass is 10.0. The average molecular weight is 720 g/mol. The highest BCUT2D eigenvalue weighted by Gasteiger charge is 2.41. The summed E-state index contributed by atoms with van der Waals surface area (Å²) in [4.78, 5) is 42.9. The van der Waals surface area contributed by atoms with Crippen LogP contribution in [0.3, 0.4) is 0 Å². The fourth-order valence-corrected chi connectivity index (χ4v) is 8.02. The fraction of sp³-hybridized carbons (Fsp3) is 0.513. The minimum absolute atomic E-state index is 0.0476. The predicted octanol–water partition coefficient (Wildman–Crippen LogP) is 8.66. The molecule has 1 atom stereocenters. The number of anilines is 1. The number of methoxy groups -OCH3 is 1. The van der Waals surface area contributed by atoms with E-state index in [2.05, 4.69) is 17.3 Å². The molecule has 1 N–H and O–H groups in total. The van der Waals surface area contributed by atoms with Crippen LogP contribution < -0.4 is 5.32 Å². The Bertz CT molecular complexity index is 1720. The molecule has 0 saturated heterocycles. The Kier molecular flexibility index (Phi) is 15.9. The number of benzene rings is 2. The second-order valence-corrected chi connectivity index (χ2v) is 14.9. The Morgan fingerprint density at radius 3 is 2.00 bits per heavy atom. The van der Waals surface area contributed by atoms with Gasteiger partial charge < -0.3 is 10.1 Å². The predicted molar refractivity (Wildman–Crippen MR) is 200 cm³/mol. The largest absolute Gasteiger partial charge is 0.465 e. The first-order valence-corrected chi connectivity index (χ1v) is 19.9. The summed E-state index contributed by atoms with van der Waals surface area (Å²) in [5, 5.41) is 7.02. The van der Waals surface area contributed by atoms with Crippen molar-refractivity contribution in [3.63, 3.8) is 0 Å². The SMILES string of the molecule is CCCCCCCCCCCCCCCCCCN1C(C(C(=O)Nc2ccccc2C=O)n2cc(C(=O)OC)cn2)=Nc2ccccc2S1(=O)=O. The number of unbranched alkanes of at least 4 members (excludes halogenated alkanes) is 15. The first kappa shape index (κ1) is 39.5. The highest BCUT2D eigenvalue weighted by molar-refractivity contribution is 7.90. The molecule has 4 rings (SSSR count). The number of amides is 1. The van der Waals surface area contributed by atoms with Crippen molar-refractivity contribution in [1.29, 1.82) is 0 Å². The molecule has 11 nitrogen and oxygen atoms in total. The van der Waals surface area contributed by atoms with Gasteiger partial charge >= 0.3 is 5.97 Å². The van der Waals surface area contributed by atoms with Gasteiger partial charge in [0.1, 0.15) is 4.90 Å². The van der Waals surface area contributed by atoms with Gasteiger partial charge in [0, 0.05) is 18.3 Å². The molecule has 12 heteroatoms. The number of ether oxygens (including phenoxy) is 1. The first-order chi connectivity index (χ1) is 24.8. The van der Waals surface area contributed by atoms with E-state index in [1.54, 1.807) is 42.5 Å². The number of fused-ring (bicyclic) bond motifs is 1. The summed E-state index contributed by atoms with van der Waals surface area (Å²) in [5.74, 6) is -1.41. The molecule has 1 aliphatic rings. The Morgan fingerprint density at radius 2 is 1.39 bits per heavy atom. The summed E-state index contributed by atoms with van der Waals surface area (Å²) >= 11 is 0. The van der Waals surface area contributed by atoms with E-state index >= 15 is 0 Å². The Hall–Kier alpha value is -4.32. The topological polar surface area (TPSA) is 140 Å². The maximum atomic E-state index is 14.1. The highest BCUT2D eigenvalue weighted by atomic mass is 32.2. The normalized spacial score (nSPS) is 14.0. The van der Waals surface area contributed by atoms with Gasteiger partial charge in [-0.3, -0.25) is 18.6 Å². The number of amidine groups is 1. The van der Waals surface area contributed by atoms with E-state index in [9.17, 15) is 22.8 Å². The van der Waals surface area contributed by atoms with Crippen molar-refractivity contribution in [2.45, 2.75) is 121 Å². The summed E-state index contributed by atoms with van der Waals surface area (Å²) < 4.78 is 35.5. The van der Waals surface area contributed by atoms with E-state index in [-0.39, 0.29) is 39.8 Å². The molecule has 0 aliphatic carbocycles. The number of aldehydes is 1. The average Bonchev–Trinajstić information content (AvgIpc) is 3.62. The number of hydrogen-bond donors (Lipinski definition) is 1.